The van der Waals surface area contributed by atoms with Gasteiger partial charge in [-0.25, -0.2) is 0 Å². The monoisotopic (exact) mass is 333 g/mol. The maximum Gasteiger partial charge on any atom is 0.263 e. The number of thioether (sulfide) groups is 1. The molecule has 0 bridgehead atoms. The fourth-order valence-electron chi connectivity index (χ4n) is 2.05. The second-order valence-corrected chi connectivity index (χ2v) is 6.29. The molecule has 1 saturated heterocycles. The lowest BCUT2D eigenvalue weighted by atomic mass is 10.1. The van der Waals surface area contributed by atoms with Crippen molar-refractivity contribution in [2.45, 2.75) is 6.42 Å². The Labute approximate surface area is 135 Å². The molecule has 0 atom stereocenters. The fraction of sp³-hybridized carbons (Fsp3) is 0.143. The molecule has 3 rings (SSSR count). The lowest BCUT2D eigenvalue weighted by Crippen LogP contribution is -2.20. The van der Waals surface area contributed by atoms with Gasteiger partial charge in [0, 0.05) is 36.5 Å². The minimum atomic E-state index is -0.237. The number of hydrogen-bond donors (Lipinski definition) is 2. The summed E-state index contributed by atoms with van der Waals surface area (Å²) in [7, 11) is 1.58. The van der Waals surface area contributed by atoms with E-state index in [0.717, 1.165) is 5.39 Å². The van der Waals surface area contributed by atoms with Crippen LogP contribution in [0.1, 0.15) is 11.3 Å². The van der Waals surface area contributed by atoms with Crippen molar-refractivity contribution in [3.8, 4) is 0 Å². The molecule has 1 aliphatic heterocycles. The summed E-state index contributed by atoms with van der Waals surface area (Å²) in [5.41, 5.74) is 1.29. The Morgan fingerprint density at radius 3 is 3.05 bits per heavy atom. The van der Waals surface area contributed by atoms with E-state index < -0.39 is 0 Å². The van der Waals surface area contributed by atoms with Crippen molar-refractivity contribution in [2.75, 3.05) is 7.05 Å². The Morgan fingerprint density at radius 1 is 1.55 bits per heavy atom. The molecule has 0 unspecified atom stereocenters. The summed E-state index contributed by atoms with van der Waals surface area (Å²) in [6.07, 6.45) is 5.07. The number of hydrogen-bond acceptors (Lipinski definition) is 6. The van der Waals surface area contributed by atoms with E-state index in [0.29, 0.717) is 26.1 Å². The SMILES string of the molecule is CNC(=O)Cc1cncc2cc(/C=C3\SC(=S)NC3=O)oc12. The van der Waals surface area contributed by atoms with Crippen LogP contribution in [0.15, 0.2) is 27.8 Å². The van der Waals surface area contributed by atoms with Gasteiger partial charge in [0.1, 0.15) is 15.7 Å². The van der Waals surface area contributed by atoms with Crippen molar-refractivity contribution in [2.24, 2.45) is 0 Å². The third-order valence-corrected chi connectivity index (χ3v) is 4.22. The number of furan rings is 1. The zero-order chi connectivity index (χ0) is 15.7. The predicted octanol–water partition coefficient (Wildman–Crippen LogP) is 1.61. The first kappa shape index (κ1) is 14.7. The number of aromatic nitrogens is 1. The Balaban J connectivity index is 1.98. The van der Waals surface area contributed by atoms with Crippen molar-refractivity contribution < 1.29 is 14.0 Å². The number of likely N-dealkylation sites (N-methyl/N-ethyl adjacent to an activating group) is 1. The van der Waals surface area contributed by atoms with Gasteiger partial charge in [0.25, 0.3) is 5.91 Å². The van der Waals surface area contributed by atoms with Gasteiger partial charge in [-0.2, -0.15) is 0 Å². The molecular weight excluding hydrogens is 322 g/mol. The van der Waals surface area contributed by atoms with Crippen LogP contribution in [0.5, 0.6) is 0 Å². The van der Waals surface area contributed by atoms with Gasteiger partial charge in [0.15, 0.2) is 0 Å². The average Bonchev–Trinajstić information content (AvgIpc) is 3.02. The third-order valence-electron chi connectivity index (χ3n) is 3.06. The predicted molar refractivity (Wildman–Crippen MR) is 88.1 cm³/mol. The first-order chi connectivity index (χ1) is 10.6. The largest absolute Gasteiger partial charge is 0.456 e. The number of nitrogens with zero attached hydrogens (tertiary/aromatic N) is 1. The lowest BCUT2D eigenvalue weighted by Gasteiger charge is -2.00. The van der Waals surface area contributed by atoms with E-state index in [9.17, 15) is 9.59 Å². The quantitative estimate of drug-likeness (QED) is 0.656. The number of thiocarbonyl (C=S) groups is 1. The molecule has 1 fully saturated rings. The molecule has 0 radical (unpaired) electrons. The molecule has 2 aromatic rings. The van der Waals surface area contributed by atoms with E-state index in [-0.39, 0.29) is 18.2 Å². The molecule has 2 aromatic heterocycles. The molecule has 0 aromatic carbocycles. The Hall–Kier alpha value is -2.19. The summed E-state index contributed by atoms with van der Waals surface area (Å²) >= 11 is 6.13. The summed E-state index contributed by atoms with van der Waals surface area (Å²) in [5, 5.41) is 5.89. The van der Waals surface area contributed by atoms with Crippen molar-refractivity contribution in [3.63, 3.8) is 0 Å². The molecular formula is C14H11N3O3S2. The topological polar surface area (TPSA) is 84.2 Å². The molecule has 22 heavy (non-hydrogen) atoms. The Morgan fingerprint density at radius 2 is 2.36 bits per heavy atom. The lowest BCUT2D eigenvalue weighted by molar-refractivity contribution is -0.120. The van der Waals surface area contributed by atoms with Gasteiger partial charge in [-0.05, 0) is 6.07 Å². The minimum Gasteiger partial charge on any atom is -0.456 e. The zero-order valence-corrected chi connectivity index (χ0v) is 13.1. The first-order valence-corrected chi connectivity index (χ1v) is 7.61. The van der Waals surface area contributed by atoms with E-state index in [1.807, 2.05) is 0 Å². The molecule has 112 valence electrons. The molecule has 0 saturated carbocycles. The van der Waals surface area contributed by atoms with Gasteiger partial charge in [-0.15, -0.1) is 0 Å². The Bertz CT molecular complexity index is 826. The molecule has 3 heterocycles. The maximum absolute atomic E-state index is 11.7. The number of carbonyl (C=O) groups is 2. The van der Waals surface area contributed by atoms with Crippen molar-refractivity contribution >= 4 is 57.2 Å². The summed E-state index contributed by atoms with van der Waals surface area (Å²) in [6.45, 7) is 0. The molecule has 1 aliphatic rings. The number of pyridine rings is 1. The highest BCUT2D eigenvalue weighted by Gasteiger charge is 2.22. The summed E-state index contributed by atoms with van der Waals surface area (Å²) in [5.74, 6) is 0.157. The van der Waals surface area contributed by atoms with Crippen LogP contribution in [-0.4, -0.2) is 28.2 Å². The fourth-order valence-corrected chi connectivity index (χ4v) is 3.07. The molecule has 0 spiro atoms. The molecule has 0 aliphatic carbocycles. The van der Waals surface area contributed by atoms with Gasteiger partial charge in [0.05, 0.1) is 11.3 Å². The first-order valence-electron chi connectivity index (χ1n) is 6.38. The van der Waals surface area contributed by atoms with Crippen LogP contribution < -0.4 is 10.6 Å². The summed E-state index contributed by atoms with van der Waals surface area (Å²) in [4.78, 5) is 27.8. The average molecular weight is 333 g/mol. The summed E-state index contributed by atoms with van der Waals surface area (Å²) in [6, 6.07) is 1.78. The highest BCUT2D eigenvalue weighted by Crippen LogP contribution is 2.29. The highest BCUT2D eigenvalue weighted by atomic mass is 32.2. The smallest absolute Gasteiger partial charge is 0.263 e. The molecule has 2 amide bonds. The second kappa shape index (κ2) is 5.90. The Kier molecular flexibility index (Phi) is 3.95. The second-order valence-electron chi connectivity index (χ2n) is 4.57. The van der Waals surface area contributed by atoms with Gasteiger partial charge in [0.2, 0.25) is 5.91 Å². The number of nitrogens with one attached hydrogen (secondary N) is 2. The van der Waals surface area contributed by atoms with Crippen LogP contribution in [0.3, 0.4) is 0 Å². The van der Waals surface area contributed by atoms with Crippen molar-refractivity contribution in [3.05, 3.63) is 34.7 Å². The third kappa shape index (κ3) is 2.88. The van der Waals surface area contributed by atoms with E-state index in [1.54, 1.807) is 31.6 Å². The summed E-state index contributed by atoms with van der Waals surface area (Å²) < 4.78 is 6.18. The normalized spacial score (nSPS) is 16.3. The van der Waals surface area contributed by atoms with E-state index in [2.05, 4.69) is 15.6 Å². The van der Waals surface area contributed by atoms with Crippen LogP contribution in [0.2, 0.25) is 0 Å². The van der Waals surface area contributed by atoms with Crippen molar-refractivity contribution in [1.29, 1.82) is 0 Å². The van der Waals surface area contributed by atoms with Crippen LogP contribution >= 0.6 is 24.0 Å². The minimum absolute atomic E-state index is 0.123. The molecule has 8 heteroatoms. The number of fused-ring (bicyclic) bond motifs is 1. The number of amides is 2. The standard InChI is InChI=1S/C14H11N3O3S2/c1-15-11(18)3-8-6-16-5-7-2-9(20-12(7)8)4-10-13(19)17-14(21)22-10/h2,4-6H,3H2,1H3,(H,15,18)(H,17,19,21)/b10-4-. The number of carbonyl (C=O) groups excluding carboxylic acids is 2. The van der Waals surface area contributed by atoms with Gasteiger partial charge in [-0.1, -0.05) is 24.0 Å². The zero-order valence-electron chi connectivity index (χ0n) is 11.5. The van der Waals surface area contributed by atoms with E-state index in [4.69, 9.17) is 16.6 Å². The molecule has 6 nitrogen and oxygen atoms in total. The van der Waals surface area contributed by atoms with E-state index >= 15 is 0 Å². The van der Waals surface area contributed by atoms with Crippen LogP contribution in [0, 0.1) is 0 Å². The van der Waals surface area contributed by atoms with Gasteiger partial charge >= 0.3 is 0 Å². The highest BCUT2D eigenvalue weighted by molar-refractivity contribution is 8.26. The van der Waals surface area contributed by atoms with Crippen LogP contribution in [0.4, 0.5) is 0 Å². The van der Waals surface area contributed by atoms with Crippen LogP contribution in [0.25, 0.3) is 17.0 Å². The van der Waals surface area contributed by atoms with Crippen molar-refractivity contribution in [1.82, 2.24) is 15.6 Å². The van der Waals surface area contributed by atoms with E-state index in [1.165, 1.54) is 11.8 Å². The maximum atomic E-state index is 11.7. The van der Waals surface area contributed by atoms with Gasteiger partial charge < -0.3 is 15.1 Å². The molecule has 2 N–H and O–H groups in total. The van der Waals surface area contributed by atoms with Gasteiger partial charge in [-0.3, -0.25) is 14.6 Å². The number of rotatable bonds is 3. The van der Waals surface area contributed by atoms with Crippen LogP contribution in [-0.2, 0) is 16.0 Å².